The van der Waals surface area contributed by atoms with Gasteiger partial charge in [-0.25, -0.2) is 13.1 Å². The topological polar surface area (TPSA) is 75.6 Å². The fourth-order valence-electron chi connectivity index (χ4n) is 2.33. The first-order valence-electron chi connectivity index (χ1n) is 6.48. The van der Waals surface area contributed by atoms with Gasteiger partial charge in [-0.05, 0) is 31.0 Å². The number of halogens is 1. The Labute approximate surface area is 124 Å². The van der Waals surface area contributed by atoms with Gasteiger partial charge in [0.2, 0.25) is 10.0 Å². The van der Waals surface area contributed by atoms with Gasteiger partial charge in [-0.1, -0.05) is 24.4 Å². The van der Waals surface area contributed by atoms with Gasteiger partial charge in [0.15, 0.2) is 0 Å². The predicted octanol–water partition coefficient (Wildman–Crippen LogP) is 1.93. The van der Waals surface area contributed by atoms with Crippen LogP contribution in [0.5, 0.6) is 5.75 Å². The lowest BCUT2D eigenvalue weighted by Crippen LogP contribution is -2.44. The van der Waals surface area contributed by atoms with E-state index in [0.29, 0.717) is 18.6 Å². The molecule has 7 heteroatoms. The number of rotatable bonds is 4. The van der Waals surface area contributed by atoms with Gasteiger partial charge in [-0.2, -0.15) is 0 Å². The number of ether oxygens (including phenoxy) is 1. The van der Waals surface area contributed by atoms with Gasteiger partial charge in [-0.3, -0.25) is 0 Å². The average molecular weight is 320 g/mol. The lowest BCUT2D eigenvalue weighted by molar-refractivity contribution is 0.101. The average Bonchev–Trinajstić information content (AvgIpc) is 2.41. The van der Waals surface area contributed by atoms with E-state index >= 15 is 0 Å². The third-order valence-corrected chi connectivity index (χ3v) is 5.25. The minimum absolute atomic E-state index is 0.0704. The van der Waals surface area contributed by atoms with E-state index in [1.807, 2.05) is 0 Å². The van der Waals surface area contributed by atoms with E-state index in [2.05, 4.69) is 4.72 Å². The fraction of sp³-hybridized carbons (Fsp3) is 0.538. The maximum atomic E-state index is 12.3. The monoisotopic (exact) mass is 319 g/mol. The summed E-state index contributed by atoms with van der Waals surface area (Å²) >= 11 is 5.94. The molecular weight excluding hydrogens is 302 g/mol. The molecule has 0 unspecified atom stereocenters. The van der Waals surface area contributed by atoms with Crippen LogP contribution in [-0.2, 0) is 10.0 Å². The lowest BCUT2D eigenvalue weighted by atomic mass is 9.93. The second kappa shape index (κ2) is 6.30. The van der Waals surface area contributed by atoms with Crippen molar-refractivity contribution in [2.45, 2.75) is 42.7 Å². The molecule has 2 atom stereocenters. The minimum atomic E-state index is -3.69. The zero-order chi connectivity index (χ0) is 14.8. The fourth-order valence-corrected chi connectivity index (χ4v) is 3.98. The molecule has 0 aliphatic heterocycles. The molecule has 1 aliphatic carbocycles. The van der Waals surface area contributed by atoms with Crippen LogP contribution in [0.15, 0.2) is 23.1 Å². The predicted molar refractivity (Wildman–Crippen MR) is 76.6 cm³/mol. The highest BCUT2D eigenvalue weighted by Gasteiger charge is 2.28. The van der Waals surface area contributed by atoms with Crippen molar-refractivity contribution in [3.63, 3.8) is 0 Å². The Bertz CT molecular complexity index is 576. The third-order valence-electron chi connectivity index (χ3n) is 3.47. The van der Waals surface area contributed by atoms with Gasteiger partial charge in [0.25, 0.3) is 0 Å². The van der Waals surface area contributed by atoms with Crippen molar-refractivity contribution in [2.75, 3.05) is 7.11 Å². The van der Waals surface area contributed by atoms with Gasteiger partial charge in [0.1, 0.15) is 5.75 Å². The van der Waals surface area contributed by atoms with Crippen LogP contribution < -0.4 is 9.46 Å². The molecule has 0 bridgehead atoms. The Morgan fingerprint density at radius 2 is 2.05 bits per heavy atom. The molecule has 2 N–H and O–H groups in total. The van der Waals surface area contributed by atoms with Gasteiger partial charge in [-0.15, -0.1) is 0 Å². The van der Waals surface area contributed by atoms with Crippen LogP contribution in [0.1, 0.15) is 25.7 Å². The zero-order valence-corrected chi connectivity index (χ0v) is 12.7. The Kier molecular flexibility index (Phi) is 4.90. The third kappa shape index (κ3) is 3.44. The molecule has 112 valence electrons. The van der Waals surface area contributed by atoms with Gasteiger partial charge in [0.05, 0.1) is 23.1 Å². The Morgan fingerprint density at radius 3 is 2.65 bits per heavy atom. The van der Waals surface area contributed by atoms with E-state index in [4.69, 9.17) is 16.3 Å². The SMILES string of the molecule is COc1ccc(S(=O)(=O)N[C@H]2CCCC[C@@H]2O)cc1Cl. The van der Waals surface area contributed by atoms with E-state index in [1.165, 1.54) is 25.3 Å². The Morgan fingerprint density at radius 1 is 1.35 bits per heavy atom. The molecule has 0 saturated heterocycles. The molecule has 0 radical (unpaired) electrons. The number of sulfonamides is 1. The molecule has 1 aromatic carbocycles. The van der Waals surface area contributed by atoms with Crippen molar-refractivity contribution < 1.29 is 18.3 Å². The number of hydrogen-bond donors (Lipinski definition) is 2. The Balaban J connectivity index is 2.19. The highest BCUT2D eigenvalue weighted by molar-refractivity contribution is 7.89. The zero-order valence-electron chi connectivity index (χ0n) is 11.2. The first kappa shape index (κ1) is 15.6. The number of benzene rings is 1. The smallest absolute Gasteiger partial charge is 0.240 e. The summed E-state index contributed by atoms with van der Waals surface area (Å²) in [4.78, 5) is 0.0704. The normalized spacial score (nSPS) is 23.6. The van der Waals surface area contributed by atoms with Gasteiger partial charge >= 0.3 is 0 Å². The van der Waals surface area contributed by atoms with Crippen molar-refractivity contribution in [3.05, 3.63) is 23.2 Å². The van der Waals surface area contributed by atoms with Crippen LogP contribution >= 0.6 is 11.6 Å². The molecule has 2 rings (SSSR count). The van der Waals surface area contributed by atoms with Crippen molar-refractivity contribution >= 4 is 21.6 Å². The summed E-state index contributed by atoms with van der Waals surface area (Å²) in [6.07, 6.45) is 2.47. The first-order chi connectivity index (χ1) is 9.44. The molecule has 20 heavy (non-hydrogen) atoms. The number of methoxy groups -OCH3 is 1. The van der Waals surface area contributed by atoms with Gasteiger partial charge in [0, 0.05) is 6.04 Å². The highest BCUT2D eigenvalue weighted by atomic mass is 35.5. The van der Waals surface area contributed by atoms with Crippen LogP contribution in [0.2, 0.25) is 5.02 Å². The first-order valence-corrected chi connectivity index (χ1v) is 8.34. The number of aliphatic hydroxyl groups excluding tert-OH is 1. The molecule has 1 saturated carbocycles. The van der Waals surface area contributed by atoms with Crippen molar-refractivity contribution in [3.8, 4) is 5.75 Å². The van der Waals surface area contributed by atoms with E-state index in [0.717, 1.165) is 12.8 Å². The summed E-state index contributed by atoms with van der Waals surface area (Å²) in [6.45, 7) is 0. The minimum Gasteiger partial charge on any atom is -0.495 e. The maximum Gasteiger partial charge on any atom is 0.240 e. The standard InChI is InChI=1S/C13H18ClNO4S/c1-19-13-7-6-9(8-10(13)14)20(17,18)15-11-4-2-3-5-12(11)16/h6-8,11-12,15-16H,2-5H2,1H3/t11-,12-/m0/s1. The summed E-state index contributed by atoms with van der Waals surface area (Å²) in [5.41, 5.74) is 0. The molecule has 1 fully saturated rings. The Hall–Kier alpha value is -0.820. The van der Waals surface area contributed by atoms with Crippen LogP contribution in [0.4, 0.5) is 0 Å². The van der Waals surface area contributed by atoms with E-state index in [9.17, 15) is 13.5 Å². The van der Waals surface area contributed by atoms with E-state index in [-0.39, 0.29) is 9.92 Å². The molecular formula is C13H18ClNO4S. The van der Waals surface area contributed by atoms with E-state index in [1.54, 1.807) is 0 Å². The number of aliphatic hydroxyl groups is 1. The number of hydrogen-bond acceptors (Lipinski definition) is 4. The molecule has 0 amide bonds. The van der Waals surface area contributed by atoms with Crippen molar-refractivity contribution in [2.24, 2.45) is 0 Å². The largest absolute Gasteiger partial charge is 0.495 e. The second-order valence-electron chi connectivity index (χ2n) is 4.88. The summed E-state index contributed by atoms with van der Waals surface area (Å²) in [5, 5.41) is 10.1. The highest BCUT2D eigenvalue weighted by Crippen LogP contribution is 2.27. The number of nitrogens with one attached hydrogen (secondary N) is 1. The summed E-state index contributed by atoms with van der Waals surface area (Å²) in [7, 11) is -2.23. The van der Waals surface area contributed by atoms with Crippen LogP contribution in [-0.4, -0.2) is 32.8 Å². The molecule has 0 heterocycles. The molecule has 5 nitrogen and oxygen atoms in total. The van der Waals surface area contributed by atoms with Crippen LogP contribution in [0.3, 0.4) is 0 Å². The van der Waals surface area contributed by atoms with Gasteiger partial charge < -0.3 is 9.84 Å². The maximum absolute atomic E-state index is 12.3. The molecule has 1 aliphatic rings. The summed E-state index contributed by atoms with van der Waals surface area (Å²) in [6, 6.07) is 3.85. The molecule has 0 spiro atoms. The van der Waals surface area contributed by atoms with Crippen molar-refractivity contribution in [1.29, 1.82) is 0 Å². The lowest BCUT2D eigenvalue weighted by Gasteiger charge is -2.28. The van der Waals surface area contributed by atoms with Crippen LogP contribution in [0.25, 0.3) is 0 Å². The molecule has 1 aromatic rings. The van der Waals surface area contributed by atoms with Crippen LogP contribution in [0, 0.1) is 0 Å². The quantitative estimate of drug-likeness (QED) is 0.889. The summed E-state index contributed by atoms with van der Waals surface area (Å²) < 4.78 is 32.1. The van der Waals surface area contributed by atoms with Crippen molar-refractivity contribution in [1.82, 2.24) is 4.72 Å². The molecule has 0 aromatic heterocycles. The summed E-state index contributed by atoms with van der Waals surface area (Å²) in [5.74, 6) is 0.420. The second-order valence-corrected chi connectivity index (χ2v) is 7.00. The van der Waals surface area contributed by atoms with E-state index < -0.39 is 22.2 Å².